The number of anilines is 1. The van der Waals surface area contributed by atoms with Gasteiger partial charge >= 0.3 is 6.03 Å². The molecule has 2 aromatic rings. The van der Waals surface area contributed by atoms with E-state index in [0.29, 0.717) is 10.7 Å². The van der Waals surface area contributed by atoms with Crippen molar-refractivity contribution in [2.45, 2.75) is 64.4 Å². The Morgan fingerprint density at radius 2 is 1.68 bits per heavy atom. The summed E-state index contributed by atoms with van der Waals surface area (Å²) < 4.78 is 24.6. The van der Waals surface area contributed by atoms with Crippen molar-refractivity contribution in [1.29, 1.82) is 4.78 Å². The highest BCUT2D eigenvalue weighted by atomic mass is 35.5. The van der Waals surface area contributed by atoms with Crippen LogP contribution in [0.4, 0.5) is 10.5 Å². The maximum Gasteiger partial charge on any atom is 0.332 e. The summed E-state index contributed by atoms with van der Waals surface area (Å²) in [6, 6.07) is 4.46. The molecule has 7 nitrogen and oxygen atoms in total. The predicted molar refractivity (Wildman–Crippen MR) is 114 cm³/mol. The van der Waals surface area contributed by atoms with Crippen LogP contribution < -0.4 is 10.0 Å². The van der Waals surface area contributed by atoms with Crippen LogP contribution in [0.25, 0.3) is 0 Å². The molecule has 0 bridgehead atoms. The van der Waals surface area contributed by atoms with Crippen molar-refractivity contribution in [1.82, 2.24) is 14.5 Å². The van der Waals surface area contributed by atoms with Gasteiger partial charge in [-0.3, -0.25) is 4.68 Å². The molecule has 28 heavy (non-hydrogen) atoms. The van der Waals surface area contributed by atoms with Crippen molar-refractivity contribution in [2.24, 2.45) is 0 Å². The zero-order valence-corrected chi connectivity index (χ0v) is 18.6. The summed E-state index contributed by atoms with van der Waals surface area (Å²) in [4.78, 5) is 12.6. The second-order valence-electron chi connectivity index (χ2n) is 7.61. The van der Waals surface area contributed by atoms with E-state index < -0.39 is 15.9 Å². The third-order valence-corrected chi connectivity index (χ3v) is 5.79. The summed E-state index contributed by atoms with van der Waals surface area (Å²) in [5.41, 5.74) is 2.40. The summed E-state index contributed by atoms with van der Waals surface area (Å²) in [5.74, 6) is 0.238. The molecule has 3 N–H and O–H groups in total. The molecule has 0 aliphatic carbocycles. The largest absolute Gasteiger partial charge is 0.332 e. The second kappa shape index (κ2) is 8.53. The first-order valence-corrected chi connectivity index (χ1v) is 11.1. The lowest BCUT2D eigenvalue weighted by molar-refractivity contribution is 0.256. The highest BCUT2D eigenvalue weighted by Crippen LogP contribution is 2.35. The molecule has 1 unspecified atom stereocenters. The molecule has 0 radical (unpaired) electrons. The maximum absolute atomic E-state index is 12.7. The highest BCUT2D eigenvalue weighted by Gasteiger charge is 2.21. The molecule has 1 heterocycles. The Hall–Kier alpha value is -2.06. The first-order valence-electron chi connectivity index (χ1n) is 9.18. The van der Waals surface area contributed by atoms with Crippen molar-refractivity contribution in [3.8, 4) is 0 Å². The van der Waals surface area contributed by atoms with Gasteiger partial charge in [-0.15, -0.1) is 0 Å². The van der Waals surface area contributed by atoms with Crippen LogP contribution in [0.5, 0.6) is 0 Å². The van der Waals surface area contributed by atoms with Gasteiger partial charge in [0.1, 0.15) is 0 Å². The van der Waals surface area contributed by atoms with E-state index >= 15 is 0 Å². The fraction of sp³-hybridized carbons (Fsp3) is 0.474. The topological polar surface area (TPSA) is 99.9 Å². The molecule has 0 spiro atoms. The molecule has 0 aliphatic rings. The normalized spacial score (nSPS) is 13.8. The first-order chi connectivity index (χ1) is 12.9. The number of urea groups is 1. The van der Waals surface area contributed by atoms with Crippen molar-refractivity contribution in [2.75, 3.05) is 5.32 Å². The zero-order valence-electron chi connectivity index (χ0n) is 17.0. The Morgan fingerprint density at radius 1 is 1.14 bits per heavy atom. The molecule has 0 saturated carbocycles. The molecular formula is C19H28ClN5O2S. The third-order valence-electron chi connectivity index (χ3n) is 4.29. The van der Waals surface area contributed by atoms with Gasteiger partial charge < -0.3 is 5.32 Å². The van der Waals surface area contributed by atoms with Gasteiger partial charge in [-0.25, -0.2) is 18.5 Å². The standard InChI is InChI=1S/C19H28ClN5O2S/c1-11(2)15-9-14(20)10-16(12(3)4)18(15)22-19(26)24-28(21,27)17-7-8-25(23-17)13(5)6/h7-13H,1-6H3,(H3,21,22,24,26,27). The van der Waals surface area contributed by atoms with E-state index in [4.69, 9.17) is 16.4 Å². The number of nitrogens with zero attached hydrogens (tertiary/aromatic N) is 2. The fourth-order valence-corrected chi connectivity index (χ4v) is 3.90. The van der Waals surface area contributed by atoms with E-state index in [2.05, 4.69) is 15.1 Å². The number of amides is 2. The van der Waals surface area contributed by atoms with E-state index in [1.165, 1.54) is 6.07 Å². The number of carbonyl (C=O) groups is 1. The van der Waals surface area contributed by atoms with Gasteiger partial charge in [-0.05, 0) is 55.0 Å². The van der Waals surface area contributed by atoms with Crippen LogP contribution >= 0.6 is 11.6 Å². The summed E-state index contributed by atoms with van der Waals surface area (Å²) in [6.45, 7) is 11.9. The Bertz CT molecular complexity index is 935. The van der Waals surface area contributed by atoms with Gasteiger partial charge in [-0.1, -0.05) is 39.3 Å². The maximum atomic E-state index is 12.7. The first kappa shape index (κ1) is 22.2. The number of rotatable bonds is 6. The molecule has 0 fully saturated rings. The number of carbonyl (C=O) groups excluding carboxylic acids is 1. The molecule has 2 amide bonds. The molecule has 1 aromatic carbocycles. The molecule has 1 atom stereocenters. The van der Waals surface area contributed by atoms with Crippen LogP contribution in [-0.4, -0.2) is 20.0 Å². The van der Waals surface area contributed by atoms with Gasteiger partial charge in [0.25, 0.3) is 0 Å². The number of benzene rings is 1. The van der Waals surface area contributed by atoms with Crippen LogP contribution in [0.1, 0.15) is 70.5 Å². The van der Waals surface area contributed by atoms with Crippen LogP contribution in [0.2, 0.25) is 5.02 Å². The minimum Gasteiger partial charge on any atom is -0.307 e. The SMILES string of the molecule is CC(C)c1cc(Cl)cc(C(C)C)c1NC(=O)NS(=N)(=O)c1ccn(C(C)C)n1. The predicted octanol–water partition coefficient (Wildman–Crippen LogP) is 5.51. The molecule has 0 aliphatic heterocycles. The summed E-state index contributed by atoms with van der Waals surface area (Å²) in [7, 11) is -3.59. The number of hydrogen-bond acceptors (Lipinski definition) is 4. The minimum absolute atomic E-state index is 0.0145. The fourth-order valence-electron chi connectivity index (χ4n) is 2.79. The smallest absolute Gasteiger partial charge is 0.307 e. The average molecular weight is 426 g/mol. The third kappa shape index (κ3) is 5.05. The van der Waals surface area contributed by atoms with Gasteiger partial charge in [-0.2, -0.15) is 5.10 Å². The minimum atomic E-state index is -3.59. The van der Waals surface area contributed by atoms with E-state index in [-0.39, 0.29) is 22.9 Å². The van der Waals surface area contributed by atoms with Crippen LogP contribution in [0.15, 0.2) is 29.4 Å². The lowest BCUT2D eigenvalue weighted by atomic mass is 9.92. The van der Waals surface area contributed by atoms with Gasteiger partial charge in [0, 0.05) is 22.9 Å². The van der Waals surface area contributed by atoms with Gasteiger partial charge in [0.05, 0.1) is 0 Å². The van der Waals surface area contributed by atoms with Gasteiger partial charge in [0.15, 0.2) is 14.9 Å². The monoisotopic (exact) mass is 425 g/mol. The van der Waals surface area contributed by atoms with Gasteiger partial charge in [0.2, 0.25) is 0 Å². The molecule has 0 saturated heterocycles. The van der Waals surface area contributed by atoms with Crippen molar-refractivity contribution in [3.63, 3.8) is 0 Å². The zero-order chi connectivity index (χ0) is 21.2. The Kier molecular flexibility index (Phi) is 6.77. The second-order valence-corrected chi connectivity index (χ2v) is 9.78. The lowest BCUT2D eigenvalue weighted by Crippen LogP contribution is -2.34. The summed E-state index contributed by atoms with van der Waals surface area (Å²) in [5, 5.41) is 7.53. The quantitative estimate of drug-likeness (QED) is 0.569. The van der Waals surface area contributed by atoms with Crippen molar-refractivity contribution in [3.05, 3.63) is 40.5 Å². The Balaban J connectivity index is 2.31. The molecule has 154 valence electrons. The Labute approximate surface area is 172 Å². The highest BCUT2D eigenvalue weighted by molar-refractivity contribution is 7.91. The number of aromatic nitrogens is 2. The molecule has 9 heteroatoms. The number of halogens is 1. The average Bonchev–Trinajstić information content (AvgIpc) is 3.06. The van der Waals surface area contributed by atoms with Crippen LogP contribution in [0.3, 0.4) is 0 Å². The Morgan fingerprint density at radius 3 is 2.11 bits per heavy atom. The summed E-state index contributed by atoms with van der Waals surface area (Å²) >= 11 is 6.25. The summed E-state index contributed by atoms with van der Waals surface area (Å²) in [6.07, 6.45) is 1.64. The van der Waals surface area contributed by atoms with E-state index in [9.17, 15) is 9.00 Å². The molecule has 1 aromatic heterocycles. The van der Waals surface area contributed by atoms with E-state index in [1.807, 2.05) is 53.7 Å². The number of hydrogen-bond donors (Lipinski definition) is 3. The number of nitrogens with one attached hydrogen (secondary N) is 3. The van der Waals surface area contributed by atoms with E-state index in [1.54, 1.807) is 10.9 Å². The van der Waals surface area contributed by atoms with Crippen LogP contribution in [0, 0.1) is 4.78 Å². The lowest BCUT2D eigenvalue weighted by Gasteiger charge is -2.21. The van der Waals surface area contributed by atoms with Crippen molar-refractivity contribution < 1.29 is 9.00 Å². The molecular weight excluding hydrogens is 398 g/mol. The molecule has 2 rings (SSSR count). The van der Waals surface area contributed by atoms with Crippen molar-refractivity contribution >= 4 is 33.2 Å². The van der Waals surface area contributed by atoms with E-state index in [0.717, 1.165) is 11.1 Å². The van der Waals surface area contributed by atoms with Crippen LogP contribution in [-0.2, 0) is 9.92 Å².